The molecule has 1 amide bonds. The first-order valence-electron chi connectivity index (χ1n) is 6.45. The number of nitrogens with one attached hydrogen (secondary N) is 1. The van der Waals surface area contributed by atoms with Crippen molar-refractivity contribution in [1.82, 2.24) is 5.32 Å². The Kier molecular flexibility index (Phi) is 4.97. The Morgan fingerprint density at radius 3 is 2.40 bits per heavy atom. The van der Waals surface area contributed by atoms with Crippen LogP contribution >= 0.6 is 11.6 Å². The van der Waals surface area contributed by atoms with E-state index in [9.17, 15) is 4.79 Å². The minimum Gasteiger partial charge on any atom is -0.346 e. The van der Waals surface area contributed by atoms with Crippen molar-refractivity contribution in [2.45, 2.75) is 13.0 Å². The molecule has 102 valence electrons. The number of hydrogen-bond acceptors (Lipinski definition) is 1. The molecule has 0 aliphatic carbocycles. The van der Waals surface area contributed by atoms with E-state index < -0.39 is 0 Å². The lowest BCUT2D eigenvalue weighted by Crippen LogP contribution is -2.30. The quantitative estimate of drug-likeness (QED) is 0.897. The highest BCUT2D eigenvalue weighted by Gasteiger charge is 2.06. The molecule has 0 aromatic heterocycles. The van der Waals surface area contributed by atoms with Gasteiger partial charge in [0.05, 0.1) is 0 Å². The highest BCUT2D eigenvalue weighted by atomic mass is 35.5. The predicted octanol–water partition coefficient (Wildman–Crippen LogP) is 4.17. The van der Waals surface area contributed by atoms with Gasteiger partial charge in [-0.2, -0.15) is 0 Å². The molecule has 0 fully saturated rings. The van der Waals surface area contributed by atoms with Gasteiger partial charge in [0, 0.05) is 16.6 Å². The zero-order valence-electron chi connectivity index (χ0n) is 11.2. The molecule has 1 atom stereocenters. The summed E-state index contributed by atoms with van der Waals surface area (Å²) < 4.78 is 0. The summed E-state index contributed by atoms with van der Waals surface area (Å²) in [6.45, 7) is 1.94. The molecule has 20 heavy (non-hydrogen) atoms. The fourth-order valence-corrected chi connectivity index (χ4v) is 1.88. The maximum atomic E-state index is 11.9. The lowest BCUT2D eigenvalue weighted by molar-refractivity contribution is 0.0947. The van der Waals surface area contributed by atoms with Gasteiger partial charge in [-0.3, -0.25) is 4.79 Å². The fraction of sp³-hybridized carbons (Fsp3) is 0.118. The summed E-state index contributed by atoms with van der Waals surface area (Å²) in [6, 6.07) is 16.7. The van der Waals surface area contributed by atoms with E-state index in [1.54, 1.807) is 12.1 Å². The van der Waals surface area contributed by atoms with Crippen molar-refractivity contribution in [3.05, 3.63) is 76.8 Å². The maximum absolute atomic E-state index is 11.9. The van der Waals surface area contributed by atoms with E-state index in [-0.39, 0.29) is 11.9 Å². The number of benzene rings is 2. The Morgan fingerprint density at radius 2 is 1.75 bits per heavy atom. The summed E-state index contributed by atoms with van der Waals surface area (Å²) in [5, 5.41) is 3.64. The number of rotatable bonds is 4. The Balaban J connectivity index is 1.94. The van der Waals surface area contributed by atoms with Gasteiger partial charge in [0.25, 0.3) is 5.91 Å². The number of halogens is 1. The largest absolute Gasteiger partial charge is 0.346 e. The standard InChI is InChI=1S/C17H16ClNO/c1-13(7-8-14-9-11-16(18)12-10-14)19-17(20)15-5-3-2-4-6-15/h2-13H,1H3,(H,19,20)/b8-7+/t13-/m1/s1. The van der Waals surface area contributed by atoms with E-state index in [2.05, 4.69) is 5.32 Å². The molecule has 0 aliphatic rings. The average Bonchev–Trinajstić information content (AvgIpc) is 2.47. The van der Waals surface area contributed by atoms with Crippen molar-refractivity contribution in [3.8, 4) is 0 Å². The molecule has 1 N–H and O–H groups in total. The van der Waals surface area contributed by atoms with Gasteiger partial charge in [0.2, 0.25) is 0 Å². The van der Waals surface area contributed by atoms with Gasteiger partial charge < -0.3 is 5.32 Å². The van der Waals surface area contributed by atoms with Gasteiger partial charge in [0.1, 0.15) is 0 Å². The van der Waals surface area contributed by atoms with Gasteiger partial charge in [-0.05, 0) is 36.8 Å². The molecule has 0 radical (unpaired) electrons. The molecule has 0 bridgehead atoms. The van der Waals surface area contributed by atoms with Crippen LogP contribution in [0, 0.1) is 0 Å². The molecule has 3 heteroatoms. The fourth-order valence-electron chi connectivity index (χ4n) is 1.76. The molecule has 0 spiro atoms. The summed E-state index contributed by atoms with van der Waals surface area (Å²) in [6.07, 6.45) is 3.91. The van der Waals surface area contributed by atoms with Crippen LogP contribution in [0.3, 0.4) is 0 Å². The lowest BCUT2D eigenvalue weighted by atomic mass is 10.1. The maximum Gasteiger partial charge on any atom is 0.251 e. The smallest absolute Gasteiger partial charge is 0.251 e. The van der Waals surface area contributed by atoms with Crippen LogP contribution in [0.15, 0.2) is 60.7 Å². The monoisotopic (exact) mass is 285 g/mol. The van der Waals surface area contributed by atoms with Gasteiger partial charge in [0.15, 0.2) is 0 Å². The van der Waals surface area contributed by atoms with E-state index in [1.807, 2.05) is 61.5 Å². The molecule has 2 nitrogen and oxygen atoms in total. The molecule has 2 aromatic rings. The summed E-state index contributed by atoms with van der Waals surface area (Å²) >= 11 is 5.83. The molecular formula is C17H16ClNO. The Labute approximate surface area is 124 Å². The van der Waals surface area contributed by atoms with Crippen LogP contribution in [-0.2, 0) is 0 Å². The van der Waals surface area contributed by atoms with E-state index >= 15 is 0 Å². The molecule has 0 saturated heterocycles. The second-order valence-corrected chi connectivity index (χ2v) is 4.98. The van der Waals surface area contributed by atoms with E-state index in [1.165, 1.54) is 0 Å². The highest BCUT2D eigenvalue weighted by molar-refractivity contribution is 6.30. The molecular weight excluding hydrogens is 270 g/mol. The molecule has 0 aliphatic heterocycles. The van der Waals surface area contributed by atoms with Crippen LogP contribution in [-0.4, -0.2) is 11.9 Å². The van der Waals surface area contributed by atoms with Crippen molar-refractivity contribution >= 4 is 23.6 Å². The van der Waals surface area contributed by atoms with Crippen LogP contribution in [0.5, 0.6) is 0 Å². The number of hydrogen-bond donors (Lipinski definition) is 1. The third-order valence-electron chi connectivity index (χ3n) is 2.84. The van der Waals surface area contributed by atoms with Gasteiger partial charge in [-0.15, -0.1) is 0 Å². The zero-order valence-corrected chi connectivity index (χ0v) is 12.0. The zero-order chi connectivity index (χ0) is 14.4. The first-order valence-corrected chi connectivity index (χ1v) is 6.82. The SMILES string of the molecule is C[C@H](/C=C/c1ccc(Cl)cc1)NC(=O)c1ccccc1. The second kappa shape index (κ2) is 6.92. The molecule has 0 unspecified atom stereocenters. The highest BCUT2D eigenvalue weighted by Crippen LogP contribution is 2.11. The Bertz CT molecular complexity index is 590. The first-order chi connectivity index (χ1) is 9.65. The summed E-state index contributed by atoms with van der Waals surface area (Å²) in [5.74, 6) is -0.0705. The summed E-state index contributed by atoms with van der Waals surface area (Å²) in [5.41, 5.74) is 1.72. The summed E-state index contributed by atoms with van der Waals surface area (Å²) in [4.78, 5) is 11.9. The first kappa shape index (κ1) is 14.4. The van der Waals surface area contributed by atoms with E-state index in [0.29, 0.717) is 10.6 Å². The molecule has 0 saturated carbocycles. The van der Waals surface area contributed by atoms with E-state index in [4.69, 9.17) is 11.6 Å². The number of carbonyl (C=O) groups excluding carboxylic acids is 1. The van der Waals surface area contributed by atoms with Crippen LogP contribution in [0.1, 0.15) is 22.8 Å². The Morgan fingerprint density at radius 1 is 1.10 bits per heavy atom. The summed E-state index contributed by atoms with van der Waals surface area (Å²) in [7, 11) is 0. The normalized spacial score (nSPS) is 12.3. The Hall–Kier alpha value is -2.06. The van der Waals surface area contributed by atoms with Gasteiger partial charge >= 0.3 is 0 Å². The van der Waals surface area contributed by atoms with Crippen LogP contribution in [0.4, 0.5) is 0 Å². The van der Waals surface area contributed by atoms with E-state index in [0.717, 1.165) is 5.56 Å². The van der Waals surface area contributed by atoms with Crippen molar-refractivity contribution < 1.29 is 4.79 Å². The van der Waals surface area contributed by atoms with Crippen molar-refractivity contribution in [2.75, 3.05) is 0 Å². The van der Waals surface area contributed by atoms with Gasteiger partial charge in [-0.1, -0.05) is 54.1 Å². The molecule has 0 heterocycles. The van der Waals surface area contributed by atoms with Crippen molar-refractivity contribution in [3.63, 3.8) is 0 Å². The number of carbonyl (C=O) groups is 1. The van der Waals surface area contributed by atoms with Crippen molar-refractivity contribution in [1.29, 1.82) is 0 Å². The minimum atomic E-state index is -0.0705. The minimum absolute atomic E-state index is 0.0432. The van der Waals surface area contributed by atoms with Crippen LogP contribution in [0.25, 0.3) is 6.08 Å². The van der Waals surface area contributed by atoms with Crippen LogP contribution < -0.4 is 5.32 Å². The van der Waals surface area contributed by atoms with Gasteiger partial charge in [-0.25, -0.2) is 0 Å². The predicted molar refractivity (Wildman–Crippen MR) is 83.9 cm³/mol. The van der Waals surface area contributed by atoms with Crippen molar-refractivity contribution in [2.24, 2.45) is 0 Å². The lowest BCUT2D eigenvalue weighted by Gasteiger charge is -2.09. The number of amides is 1. The molecule has 2 rings (SSSR count). The van der Waals surface area contributed by atoms with Crippen LogP contribution in [0.2, 0.25) is 5.02 Å². The third kappa shape index (κ3) is 4.25. The topological polar surface area (TPSA) is 29.1 Å². The second-order valence-electron chi connectivity index (χ2n) is 4.54. The average molecular weight is 286 g/mol. The third-order valence-corrected chi connectivity index (χ3v) is 3.09. The molecule has 2 aromatic carbocycles.